The molecule has 16 heteroatoms. The van der Waals surface area contributed by atoms with E-state index in [9.17, 15) is 19.2 Å². The first kappa shape index (κ1) is 39.4. The zero-order valence-corrected chi connectivity index (χ0v) is 32.0. The molecule has 288 valence electrons. The highest BCUT2D eigenvalue weighted by molar-refractivity contribution is 6.31. The lowest BCUT2D eigenvalue weighted by Crippen LogP contribution is -2.56. The number of esters is 1. The third kappa shape index (κ3) is 8.33. The first-order valence-electron chi connectivity index (χ1n) is 17.5. The fraction of sp³-hybridized carbons (Fsp3) is 0.250. The summed E-state index contributed by atoms with van der Waals surface area (Å²) < 4.78 is 21.5. The Morgan fingerprint density at radius 1 is 1.04 bits per heavy atom. The summed E-state index contributed by atoms with van der Waals surface area (Å²) in [5, 5.41) is 16.7. The van der Waals surface area contributed by atoms with Crippen molar-refractivity contribution in [2.45, 2.75) is 31.8 Å². The summed E-state index contributed by atoms with van der Waals surface area (Å²) in [5.41, 5.74) is 2.92. The van der Waals surface area contributed by atoms with Crippen molar-refractivity contribution in [2.24, 2.45) is 0 Å². The van der Waals surface area contributed by atoms with Crippen LogP contribution in [0.15, 0.2) is 85.3 Å². The van der Waals surface area contributed by atoms with Gasteiger partial charge in [-0.2, -0.15) is 4.68 Å². The SMILES string of the molecule is COC(=O)c1ccc(NC(=O)C2c3cccc(-c4ccc(C(=O)NCCN(C)C)cc4)c3CC(C)(C)N2C(=O)/C=C/c2c(-n3cnnn3)ccc(Cl)c2F)nc1. The predicted molar refractivity (Wildman–Crippen MR) is 207 cm³/mol. The van der Waals surface area contributed by atoms with Crippen LogP contribution in [0.5, 0.6) is 0 Å². The maximum Gasteiger partial charge on any atom is 0.339 e. The fourth-order valence-corrected chi connectivity index (χ4v) is 6.80. The molecular weight excluding hydrogens is 741 g/mol. The summed E-state index contributed by atoms with van der Waals surface area (Å²) in [6.07, 6.45) is 5.36. The monoisotopic (exact) mass is 779 g/mol. The molecule has 2 N–H and O–H groups in total. The molecule has 0 radical (unpaired) electrons. The lowest BCUT2D eigenvalue weighted by Gasteiger charge is -2.48. The van der Waals surface area contributed by atoms with E-state index in [4.69, 9.17) is 16.3 Å². The normalized spacial score (nSPS) is 14.7. The van der Waals surface area contributed by atoms with Gasteiger partial charge in [0.2, 0.25) is 5.91 Å². The number of anilines is 1. The van der Waals surface area contributed by atoms with Gasteiger partial charge in [0.15, 0.2) is 5.82 Å². The van der Waals surface area contributed by atoms with E-state index in [1.807, 2.05) is 51.0 Å². The number of aromatic nitrogens is 5. The van der Waals surface area contributed by atoms with Crippen LogP contribution in [-0.2, 0) is 20.7 Å². The Hall–Kier alpha value is -6.32. The molecule has 3 amide bonds. The minimum Gasteiger partial charge on any atom is -0.465 e. The number of amides is 3. The molecule has 1 aliphatic heterocycles. The van der Waals surface area contributed by atoms with E-state index in [2.05, 4.69) is 31.1 Å². The smallest absolute Gasteiger partial charge is 0.339 e. The van der Waals surface area contributed by atoms with Gasteiger partial charge in [-0.05, 0) is 110 Å². The number of hydrogen-bond donors (Lipinski definition) is 2. The first-order chi connectivity index (χ1) is 26.8. The van der Waals surface area contributed by atoms with Gasteiger partial charge in [0, 0.05) is 42.0 Å². The highest BCUT2D eigenvalue weighted by Gasteiger charge is 2.46. The van der Waals surface area contributed by atoms with Crippen LogP contribution in [0.3, 0.4) is 0 Å². The van der Waals surface area contributed by atoms with E-state index in [1.165, 1.54) is 65.6 Å². The molecule has 56 heavy (non-hydrogen) atoms. The summed E-state index contributed by atoms with van der Waals surface area (Å²) in [6, 6.07) is 17.3. The van der Waals surface area contributed by atoms with E-state index in [-0.39, 0.29) is 33.6 Å². The van der Waals surface area contributed by atoms with Gasteiger partial charge in [0.05, 0.1) is 23.4 Å². The highest BCUT2D eigenvalue weighted by Crippen LogP contribution is 2.43. The van der Waals surface area contributed by atoms with Gasteiger partial charge >= 0.3 is 5.97 Å². The third-order valence-corrected chi connectivity index (χ3v) is 9.64. The van der Waals surface area contributed by atoms with E-state index in [0.29, 0.717) is 30.6 Å². The van der Waals surface area contributed by atoms with Crippen LogP contribution < -0.4 is 10.6 Å². The number of nitrogens with one attached hydrogen (secondary N) is 2. The van der Waals surface area contributed by atoms with Crippen LogP contribution >= 0.6 is 11.6 Å². The van der Waals surface area contributed by atoms with E-state index >= 15 is 4.39 Å². The van der Waals surface area contributed by atoms with Crippen LogP contribution in [0.25, 0.3) is 22.9 Å². The number of hydrogen-bond acceptors (Lipinski definition) is 10. The number of nitrogens with zero attached hydrogens (tertiary/aromatic N) is 7. The molecule has 1 atom stereocenters. The van der Waals surface area contributed by atoms with Gasteiger partial charge < -0.3 is 25.2 Å². The number of halogens is 2. The zero-order chi connectivity index (χ0) is 40.1. The molecule has 0 aliphatic carbocycles. The number of carbonyl (C=O) groups is 4. The van der Waals surface area contributed by atoms with Crippen LogP contribution in [0.2, 0.25) is 5.02 Å². The van der Waals surface area contributed by atoms with Crippen LogP contribution in [0.4, 0.5) is 10.2 Å². The average Bonchev–Trinajstić information content (AvgIpc) is 3.72. The number of benzene rings is 3. The second-order valence-electron chi connectivity index (χ2n) is 13.9. The molecule has 0 bridgehead atoms. The van der Waals surface area contributed by atoms with E-state index < -0.39 is 35.2 Å². The van der Waals surface area contributed by atoms with Gasteiger partial charge in [-0.15, -0.1) is 5.10 Å². The van der Waals surface area contributed by atoms with Gasteiger partial charge in [-0.25, -0.2) is 14.2 Å². The van der Waals surface area contributed by atoms with Crippen LogP contribution in [0, 0.1) is 5.82 Å². The topological polar surface area (TPSA) is 165 Å². The summed E-state index contributed by atoms with van der Waals surface area (Å²) >= 11 is 6.14. The molecule has 2 aromatic heterocycles. The lowest BCUT2D eigenvalue weighted by molar-refractivity contribution is -0.142. The Labute approximate surface area is 327 Å². The molecule has 0 fully saturated rings. The number of carbonyl (C=O) groups excluding carboxylic acids is 4. The molecule has 3 heterocycles. The third-order valence-electron chi connectivity index (χ3n) is 9.35. The number of likely N-dealkylation sites (N-methyl/N-ethyl adjacent to an activating group) is 1. The fourth-order valence-electron chi connectivity index (χ4n) is 6.64. The molecule has 1 unspecified atom stereocenters. The molecule has 14 nitrogen and oxygen atoms in total. The molecule has 0 spiro atoms. The second kappa shape index (κ2) is 16.6. The van der Waals surface area contributed by atoms with Crippen molar-refractivity contribution in [3.05, 3.63) is 124 Å². The van der Waals surface area contributed by atoms with E-state index in [0.717, 1.165) is 16.7 Å². The molecular formula is C40H39ClFN9O5. The summed E-state index contributed by atoms with van der Waals surface area (Å²) in [7, 11) is 5.11. The van der Waals surface area contributed by atoms with E-state index in [1.54, 1.807) is 24.3 Å². The van der Waals surface area contributed by atoms with Crippen molar-refractivity contribution in [3.63, 3.8) is 0 Å². The Kier molecular flexibility index (Phi) is 11.7. The average molecular weight is 780 g/mol. The number of ether oxygens (including phenoxy) is 1. The number of fused-ring (bicyclic) bond motifs is 1. The van der Waals surface area contributed by atoms with Crippen LogP contribution in [-0.4, -0.2) is 98.5 Å². The van der Waals surface area contributed by atoms with Crippen molar-refractivity contribution < 1.29 is 28.3 Å². The summed E-state index contributed by atoms with van der Waals surface area (Å²) in [6.45, 7) is 4.89. The number of tetrazole rings is 1. The quantitative estimate of drug-likeness (QED) is 0.135. The first-order valence-corrected chi connectivity index (χ1v) is 17.9. The minimum absolute atomic E-state index is 0.0404. The summed E-state index contributed by atoms with van der Waals surface area (Å²) in [4.78, 5) is 61.4. The Morgan fingerprint density at radius 2 is 1.79 bits per heavy atom. The number of rotatable bonds is 11. The largest absolute Gasteiger partial charge is 0.465 e. The summed E-state index contributed by atoms with van der Waals surface area (Å²) in [5.74, 6) is -2.60. The van der Waals surface area contributed by atoms with Crippen molar-refractivity contribution in [3.8, 4) is 16.8 Å². The Balaban J connectivity index is 1.39. The second-order valence-corrected chi connectivity index (χ2v) is 14.3. The molecule has 1 aliphatic rings. The van der Waals surface area contributed by atoms with Gasteiger partial charge in [0.25, 0.3) is 11.8 Å². The maximum absolute atomic E-state index is 15.5. The molecule has 0 saturated heterocycles. The molecule has 0 saturated carbocycles. The van der Waals surface area contributed by atoms with Gasteiger partial charge in [-0.1, -0.05) is 41.9 Å². The van der Waals surface area contributed by atoms with Gasteiger partial charge in [-0.3, -0.25) is 14.4 Å². The number of methoxy groups -OCH3 is 1. The van der Waals surface area contributed by atoms with Crippen molar-refractivity contribution in [1.82, 2.24) is 40.3 Å². The number of pyridine rings is 1. The Morgan fingerprint density at radius 3 is 2.45 bits per heavy atom. The zero-order valence-electron chi connectivity index (χ0n) is 31.3. The van der Waals surface area contributed by atoms with Crippen molar-refractivity contribution in [1.29, 1.82) is 0 Å². The molecule has 3 aromatic carbocycles. The lowest BCUT2D eigenvalue weighted by atomic mass is 9.77. The predicted octanol–water partition coefficient (Wildman–Crippen LogP) is 5.15. The standard InChI is InChI=1S/C40H39ClFN9O5/c1-40(2)21-30-27(24-9-11-25(12-10-24)37(53)43-19-20-49(3)4)7-6-8-28(30)36(38(54)46-33-17-13-26(22-44-33)39(55)56-5)51(40)34(52)18-14-29-32(50-23-45-47-48-50)16-15-31(41)35(29)42/h6-18,22-23,36H,19-21H2,1-5H3,(H,43,53)(H,44,46,54)/b18-14+. The molecule has 6 rings (SSSR count). The van der Waals surface area contributed by atoms with Gasteiger partial charge in [0.1, 0.15) is 18.2 Å². The van der Waals surface area contributed by atoms with Crippen LogP contribution in [0.1, 0.15) is 57.3 Å². The Bertz CT molecular complexity index is 2300. The maximum atomic E-state index is 15.5. The minimum atomic E-state index is -1.20. The van der Waals surface area contributed by atoms with Crippen molar-refractivity contribution >= 4 is 47.2 Å². The highest BCUT2D eigenvalue weighted by atomic mass is 35.5. The molecule has 5 aromatic rings. The van der Waals surface area contributed by atoms with Crippen molar-refractivity contribution in [2.75, 3.05) is 39.6 Å².